The minimum Gasteiger partial charge on any atom is -0.386 e. The van der Waals surface area contributed by atoms with E-state index in [1.807, 2.05) is 30.3 Å². The Kier molecular flexibility index (Phi) is 3.46. The van der Waals surface area contributed by atoms with Crippen molar-refractivity contribution in [3.8, 4) is 0 Å². The monoisotopic (exact) mass is 178 g/mol. The van der Waals surface area contributed by atoms with E-state index in [1.165, 1.54) is 0 Å². The lowest BCUT2D eigenvalue weighted by molar-refractivity contribution is -0.118. The van der Waals surface area contributed by atoms with Gasteiger partial charge in [0.05, 0.1) is 6.42 Å². The standard InChI is InChI=1S/C10H12NO2/c11-10(13)7-9(12)6-8-4-2-1-3-5-8/h1-5,12H,6-7H2,(H2,11,13). The number of rotatable bonds is 4. The maximum Gasteiger partial charge on any atom is 0.220 e. The Morgan fingerprint density at radius 3 is 2.46 bits per heavy atom. The average molecular weight is 178 g/mol. The topological polar surface area (TPSA) is 63.3 Å². The Morgan fingerprint density at radius 2 is 1.92 bits per heavy atom. The van der Waals surface area contributed by atoms with Crippen LogP contribution < -0.4 is 5.73 Å². The van der Waals surface area contributed by atoms with Crippen LogP contribution in [0.15, 0.2) is 30.3 Å². The second-order valence-corrected chi connectivity index (χ2v) is 2.87. The van der Waals surface area contributed by atoms with Crippen LogP contribution in [0.25, 0.3) is 0 Å². The SMILES string of the molecule is NC(=O)C[C](O)Cc1ccccc1. The fourth-order valence-electron chi connectivity index (χ4n) is 1.10. The number of aliphatic hydroxyl groups excluding tert-OH is 1. The average Bonchev–Trinajstić information content (AvgIpc) is 2.04. The zero-order valence-electron chi connectivity index (χ0n) is 7.23. The summed E-state index contributed by atoms with van der Waals surface area (Å²) >= 11 is 0. The van der Waals surface area contributed by atoms with Gasteiger partial charge in [-0.15, -0.1) is 0 Å². The molecule has 0 aliphatic heterocycles. The minimum absolute atomic E-state index is 0.0606. The molecule has 1 rings (SSSR count). The number of hydrogen-bond donors (Lipinski definition) is 2. The van der Waals surface area contributed by atoms with Crippen molar-refractivity contribution < 1.29 is 9.90 Å². The summed E-state index contributed by atoms with van der Waals surface area (Å²) < 4.78 is 0. The van der Waals surface area contributed by atoms with E-state index >= 15 is 0 Å². The Morgan fingerprint density at radius 1 is 1.31 bits per heavy atom. The summed E-state index contributed by atoms with van der Waals surface area (Å²) in [5.74, 6) is -0.506. The zero-order chi connectivity index (χ0) is 9.68. The van der Waals surface area contributed by atoms with E-state index < -0.39 is 5.91 Å². The Balaban J connectivity index is 2.45. The fraction of sp³-hybridized carbons (Fsp3) is 0.200. The molecule has 3 heteroatoms. The van der Waals surface area contributed by atoms with Crippen molar-refractivity contribution >= 4 is 5.91 Å². The molecule has 3 nitrogen and oxygen atoms in total. The number of benzene rings is 1. The van der Waals surface area contributed by atoms with Crippen LogP contribution in [0.2, 0.25) is 0 Å². The first-order valence-corrected chi connectivity index (χ1v) is 4.04. The number of aliphatic hydroxyl groups is 1. The predicted molar refractivity (Wildman–Crippen MR) is 49.1 cm³/mol. The lowest BCUT2D eigenvalue weighted by Crippen LogP contribution is -2.16. The minimum atomic E-state index is -0.506. The van der Waals surface area contributed by atoms with E-state index in [2.05, 4.69) is 0 Å². The van der Waals surface area contributed by atoms with Gasteiger partial charge in [0.2, 0.25) is 5.91 Å². The van der Waals surface area contributed by atoms with Gasteiger partial charge in [0.15, 0.2) is 0 Å². The third-order valence-corrected chi connectivity index (χ3v) is 1.63. The summed E-state index contributed by atoms with van der Waals surface area (Å²) in [4.78, 5) is 10.4. The van der Waals surface area contributed by atoms with Gasteiger partial charge in [-0.25, -0.2) is 0 Å². The molecule has 0 unspecified atom stereocenters. The third-order valence-electron chi connectivity index (χ3n) is 1.63. The number of amides is 1. The van der Waals surface area contributed by atoms with Crippen LogP contribution in [0.1, 0.15) is 12.0 Å². The van der Waals surface area contributed by atoms with Crippen LogP contribution in [0.3, 0.4) is 0 Å². The number of carbonyl (C=O) groups excluding carboxylic acids is 1. The molecule has 0 spiro atoms. The van der Waals surface area contributed by atoms with Crippen molar-refractivity contribution in [1.82, 2.24) is 0 Å². The molecule has 0 atom stereocenters. The molecule has 0 saturated carbocycles. The molecule has 1 aromatic carbocycles. The van der Waals surface area contributed by atoms with Crippen molar-refractivity contribution in [3.63, 3.8) is 0 Å². The van der Waals surface area contributed by atoms with Crippen molar-refractivity contribution in [2.45, 2.75) is 12.8 Å². The number of nitrogens with two attached hydrogens (primary N) is 1. The Hall–Kier alpha value is -1.35. The molecule has 1 radical (unpaired) electrons. The van der Waals surface area contributed by atoms with Crippen LogP contribution in [0.4, 0.5) is 0 Å². The third kappa shape index (κ3) is 3.71. The number of carbonyl (C=O) groups is 1. The molecular weight excluding hydrogens is 166 g/mol. The van der Waals surface area contributed by atoms with Gasteiger partial charge in [-0.05, 0) is 5.56 Å². The summed E-state index contributed by atoms with van der Waals surface area (Å²) in [5.41, 5.74) is 5.90. The van der Waals surface area contributed by atoms with E-state index in [-0.39, 0.29) is 12.5 Å². The van der Waals surface area contributed by atoms with Crippen molar-refractivity contribution in [2.75, 3.05) is 0 Å². The smallest absolute Gasteiger partial charge is 0.220 e. The van der Waals surface area contributed by atoms with E-state index in [4.69, 9.17) is 5.73 Å². The van der Waals surface area contributed by atoms with Crippen LogP contribution in [0.5, 0.6) is 0 Å². The van der Waals surface area contributed by atoms with Gasteiger partial charge >= 0.3 is 0 Å². The first-order valence-electron chi connectivity index (χ1n) is 4.04. The maximum atomic E-state index is 10.4. The first-order chi connectivity index (χ1) is 6.18. The second kappa shape index (κ2) is 4.62. The van der Waals surface area contributed by atoms with Crippen LogP contribution in [-0.4, -0.2) is 11.0 Å². The van der Waals surface area contributed by atoms with Crippen molar-refractivity contribution in [2.24, 2.45) is 5.73 Å². The fourth-order valence-corrected chi connectivity index (χ4v) is 1.10. The largest absolute Gasteiger partial charge is 0.386 e. The molecule has 0 saturated heterocycles. The normalized spacial score (nSPS) is 10.3. The number of hydrogen-bond acceptors (Lipinski definition) is 2. The van der Waals surface area contributed by atoms with E-state index in [0.717, 1.165) is 5.56 Å². The Bertz CT molecular complexity index is 272. The van der Waals surface area contributed by atoms with Gasteiger partial charge in [-0.1, -0.05) is 30.3 Å². The first kappa shape index (κ1) is 9.74. The van der Waals surface area contributed by atoms with Crippen LogP contribution >= 0.6 is 0 Å². The number of primary amides is 1. The molecule has 3 N–H and O–H groups in total. The van der Waals surface area contributed by atoms with Gasteiger partial charge in [-0.2, -0.15) is 0 Å². The lowest BCUT2D eigenvalue weighted by atomic mass is 10.1. The highest BCUT2D eigenvalue weighted by molar-refractivity contribution is 5.75. The molecule has 1 aromatic rings. The molecule has 0 fully saturated rings. The van der Waals surface area contributed by atoms with Gasteiger partial charge in [0, 0.05) is 6.42 Å². The summed E-state index contributed by atoms with van der Waals surface area (Å²) in [6.45, 7) is 0. The van der Waals surface area contributed by atoms with E-state index in [0.29, 0.717) is 6.42 Å². The van der Waals surface area contributed by atoms with Crippen molar-refractivity contribution in [1.29, 1.82) is 0 Å². The molecule has 1 amide bonds. The van der Waals surface area contributed by atoms with Gasteiger partial charge in [-0.3, -0.25) is 4.79 Å². The zero-order valence-corrected chi connectivity index (χ0v) is 7.23. The molecule has 69 valence electrons. The predicted octanol–water partition coefficient (Wildman–Crippen LogP) is 1.01. The van der Waals surface area contributed by atoms with E-state index in [1.54, 1.807) is 0 Å². The Labute approximate surface area is 77.2 Å². The quantitative estimate of drug-likeness (QED) is 0.722. The van der Waals surface area contributed by atoms with Gasteiger partial charge in [0.1, 0.15) is 6.10 Å². The molecule has 0 heterocycles. The molecule has 0 aliphatic carbocycles. The van der Waals surface area contributed by atoms with Gasteiger partial charge < -0.3 is 10.8 Å². The van der Waals surface area contributed by atoms with Crippen LogP contribution in [0, 0.1) is 6.10 Å². The van der Waals surface area contributed by atoms with Crippen molar-refractivity contribution in [3.05, 3.63) is 42.0 Å². The molecule has 0 bridgehead atoms. The second-order valence-electron chi connectivity index (χ2n) is 2.87. The maximum absolute atomic E-state index is 10.4. The highest BCUT2D eigenvalue weighted by atomic mass is 16.3. The summed E-state index contributed by atoms with van der Waals surface area (Å²) in [6, 6.07) is 9.43. The lowest BCUT2D eigenvalue weighted by Gasteiger charge is -2.06. The molecular formula is C10H12NO2. The molecule has 0 aromatic heterocycles. The van der Waals surface area contributed by atoms with Crippen LogP contribution in [-0.2, 0) is 11.2 Å². The molecule has 0 aliphatic rings. The summed E-state index contributed by atoms with van der Waals surface area (Å²) in [5, 5.41) is 9.29. The highest BCUT2D eigenvalue weighted by Crippen LogP contribution is 2.10. The molecule has 13 heavy (non-hydrogen) atoms. The summed E-state index contributed by atoms with van der Waals surface area (Å²) in [7, 11) is 0. The van der Waals surface area contributed by atoms with Gasteiger partial charge in [0.25, 0.3) is 0 Å². The summed E-state index contributed by atoms with van der Waals surface area (Å²) in [6.07, 6.45) is 0.442. The highest BCUT2D eigenvalue weighted by Gasteiger charge is 2.09. The van der Waals surface area contributed by atoms with E-state index in [9.17, 15) is 9.90 Å².